The molecule has 0 amide bonds. The molecular weight excluding hydrogens is 214 g/mol. The maximum atomic E-state index is 9.68. The molecule has 0 aliphatic carbocycles. The van der Waals surface area contributed by atoms with E-state index in [-0.39, 0.29) is 11.5 Å². The van der Waals surface area contributed by atoms with Crippen molar-refractivity contribution in [3.05, 3.63) is 54.1 Å². The first-order chi connectivity index (χ1) is 8.16. The molecule has 0 saturated heterocycles. The molecule has 0 spiro atoms. The molecule has 0 fully saturated rings. The second-order valence-corrected chi connectivity index (χ2v) is 3.73. The van der Waals surface area contributed by atoms with Crippen molar-refractivity contribution in [1.29, 1.82) is 0 Å². The second-order valence-electron chi connectivity index (χ2n) is 3.73. The van der Waals surface area contributed by atoms with Gasteiger partial charge in [0.15, 0.2) is 0 Å². The van der Waals surface area contributed by atoms with E-state index in [0.717, 1.165) is 11.4 Å². The Balaban J connectivity index is 2.34. The van der Waals surface area contributed by atoms with Gasteiger partial charge in [0, 0.05) is 11.3 Å². The molecule has 0 aromatic heterocycles. The molecule has 0 unspecified atom stereocenters. The molecule has 2 N–H and O–H groups in total. The van der Waals surface area contributed by atoms with Gasteiger partial charge in [-0.05, 0) is 43.3 Å². The van der Waals surface area contributed by atoms with E-state index in [0.29, 0.717) is 5.56 Å². The van der Waals surface area contributed by atoms with Crippen LogP contribution < -0.4 is 0 Å². The summed E-state index contributed by atoms with van der Waals surface area (Å²) in [6.07, 6.45) is 0. The SMILES string of the molecule is CC(=Nc1ccc(O)cc1)c1ccccc1O. The van der Waals surface area contributed by atoms with Gasteiger partial charge in [0.2, 0.25) is 0 Å². The first kappa shape index (κ1) is 11.2. The summed E-state index contributed by atoms with van der Waals surface area (Å²) in [5, 5.41) is 18.8. The highest BCUT2D eigenvalue weighted by Gasteiger charge is 2.03. The van der Waals surface area contributed by atoms with Gasteiger partial charge >= 0.3 is 0 Å². The number of hydrogen-bond donors (Lipinski definition) is 2. The zero-order valence-electron chi connectivity index (χ0n) is 9.46. The molecule has 0 radical (unpaired) electrons. The lowest BCUT2D eigenvalue weighted by Gasteiger charge is -2.03. The van der Waals surface area contributed by atoms with Gasteiger partial charge in [-0.2, -0.15) is 0 Å². The van der Waals surface area contributed by atoms with Crippen LogP contribution in [-0.4, -0.2) is 15.9 Å². The number of phenolic OH excluding ortho intramolecular Hbond substituents is 2. The lowest BCUT2D eigenvalue weighted by molar-refractivity contribution is 0.474. The van der Waals surface area contributed by atoms with Crippen molar-refractivity contribution in [2.45, 2.75) is 6.92 Å². The lowest BCUT2D eigenvalue weighted by atomic mass is 10.1. The predicted molar refractivity (Wildman–Crippen MR) is 68.1 cm³/mol. The van der Waals surface area contributed by atoms with Crippen molar-refractivity contribution >= 4 is 11.4 Å². The van der Waals surface area contributed by atoms with Crippen molar-refractivity contribution in [3.8, 4) is 11.5 Å². The molecule has 86 valence electrons. The van der Waals surface area contributed by atoms with Gasteiger partial charge in [0.25, 0.3) is 0 Å². The minimum atomic E-state index is 0.212. The van der Waals surface area contributed by atoms with Crippen LogP contribution in [0.2, 0.25) is 0 Å². The summed E-state index contributed by atoms with van der Waals surface area (Å²) < 4.78 is 0. The van der Waals surface area contributed by atoms with Gasteiger partial charge in [-0.15, -0.1) is 0 Å². The van der Waals surface area contributed by atoms with Crippen LogP contribution in [0, 0.1) is 0 Å². The zero-order chi connectivity index (χ0) is 12.3. The lowest BCUT2D eigenvalue weighted by Crippen LogP contribution is -1.93. The van der Waals surface area contributed by atoms with E-state index < -0.39 is 0 Å². The molecule has 0 aliphatic heterocycles. The summed E-state index contributed by atoms with van der Waals surface area (Å²) in [7, 11) is 0. The first-order valence-electron chi connectivity index (χ1n) is 5.29. The van der Waals surface area contributed by atoms with E-state index in [2.05, 4.69) is 4.99 Å². The molecule has 0 heterocycles. The molecule has 0 aliphatic rings. The summed E-state index contributed by atoms with van der Waals surface area (Å²) in [4.78, 5) is 4.38. The van der Waals surface area contributed by atoms with Crippen LogP contribution >= 0.6 is 0 Å². The Labute approximate surface area is 99.7 Å². The van der Waals surface area contributed by atoms with Crippen LogP contribution in [0.4, 0.5) is 5.69 Å². The van der Waals surface area contributed by atoms with Crippen molar-refractivity contribution in [3.63, 3.8) is 0 Å². The van der Waals surface area contributed by atoms with Gasteiger partial charge in [-0.1, -0.05) is 12.1 Å². The third-order valence-electron chi connectivity index (χ3n) is 2.44. The number of nitrogens with zero attached hydrogens (tertiary/aromatic N) is 1. The van der Waals surface area contributed by atoms with E-state index in [4.69, 9.17) is 5.11 Å². The normalized spacial score (nSPS) is 11.5. The Hall–Kier alpha value is -2.29. The Morgan fingerprint density at radius 2 is 1.59 bits per heavy atom. The third-order valence-corrected chi connectivity index (χ3v) is 2.44. The van der Waals surface area contributed by atoms with Crippen molar-refractivity contribution in [1.82, 2.24) is 0 Å². The largest absolute Gasteiger partial charge is 0.508 e. The summed E-state index contributed by atoms with van der Waals surface area (Å²) in [5.41, 5.74) is 2.18. The fourth-order valence-corrected chi connectivity index (χ4v) is 1.56. The topological polar surface area (TPSA) is 52.8 Å². The quantitative estimate of drug-likeness (QED) is 0.774. The molecule has 0 saturated carbocycles. The summed E-state index contributed by atoms with van der Waals surface area (Å²) in [6, 6.07) is 13.7. The van der Waals surface area contributed by atoms with Gasteiger partial charge in [0.05, 0.1) is 5.69 Å². The van der Waals surface area contributed by atoms with E-state index in [9.17, 15) is 5.11 Å². The summed E-state index contributed by atoms with van der Waals surface area (Å²) in [5.74, 6) is 0.427. The Kier molecular flexibility index (Phi) is 3.10. The van der Waals surface area contributed by atoms with E-state index in [1.54, 1.807) is 36.4 Å². The van der Waals surface area contributed by atoms with E-state index in [1.165, 1.54) is 0 Å². The Morgan fingerprint density at radius 1 is 0.941 bits per heavy atom. The maximum absolute atomic E-state index is 9.68. The average Bonchev–Trinajstić information content (AvgIpc) is 2.32. The molecule has 3 nitrogen and oxygen atoms in total. The maximum Gasteiger partial charge on any atom is 0.124 e. The smallest absolute Gasteiger partial charge is 0.124 e. The minimum absolute atomic E-state index is 0.212. The zero-order valence-corrected chi connectivity index (χ0v) is 9.46. The molecule has 17 heavy (non-hydrogen) atoms. The highest BCUT2D eigenvalue weighted by molar-refractivity contribution is 6.02. The van der Waals surface area contributed by atoms with Crippen LogP contribution in [-0.2, 0) is 0 Å². The van der Waals surface area contributed by atoms with Crippen LogP contribution in [0.5, 0.6) is 11.5 Å². The van der Waals surface area contributed by atoms with Gasteiger partial charge < -0.3 is 10.2 Å². The molecule has 0 bridgehead atoms. The number of phenols is 2. The van der Waals surface area contributed by atoms with Gasteiger partial charge in [-0.25, -0.2) is 0 Å². The van der Waals surface area contributed by atoms with Crippen molar-refractivity contribution in [2.24, 2.45) is 4.99 Å². The van der Waals surface area contributed by atoms with Crippen molar-refractivity contribution < 1.29 is 10.2 Å². The fraction of sp³-hybridized carbons (Fsp3) is 0.0714. The second kappa shape index (κ2) is 4.70. The summed E-state index contributed by atoms with van der Waals surface area (Å²) in [6.45, 7) is 1.84. The average molecular weight is 227 g/mol. The number of rotatable bonds is 2. The van der Waals surface area contributed by atoms with E-state index >= 15 is 0 Å². The van der Waals surface area contributed by atoms with Gasteiger partial charge in [0.1, 0.15) is 11.5 Å². The van der Waals surface area contributed by atoms with Gasteiger partial charge in [-0.3, -0.25) is 4.99 Å². The molecule has 2 aromatic rings. The van der Waals surface area contributed by atoms with Crippen LogP contribution in [0.1, 0.15) is 12.5 Å². The standard InChI is InChI=1S/C14H13NO2/c1-10(13-4-2-3-5-14(13)17)15-11-6-8-12(16)9-7-11/h2-9,16-17H,1H3. The van der Waals surface area contributed by atoms with Crippen LogP contribution in [0.3, 0.4) is 0 Å². The first-order valence-corrected chi connectivity index (χ1v) is 5.29. The molecule has 3 heteroatoms. The Bertz CT molecular complexity index is 544. The number of hydrogen-bond acceptors (Lipinski definition) is 3. The van der Waals surface area contributed by atoms with Crippen LogP contribution in [0.15, 0.2) is 53.5 Å². The van der Waals surface area contributed by atoms with Crippen molar-refractivity contribution in [2.75, 3.05) is 0 Å². The minimum Gasteiger partial charge on any atom is -0.508 e. The monoisotopic (exact) mass is 227 g/mol. The molecule has 0 atom stereocenters. The van der Waals surface area contributed by atoms with E-state index in [1.807, 2.05) is 19.1 Å². The fourth-order valence-electron chi connectivity index (χ4n) is 1.56. The number of benzene rings is 2. The highest BCUT2D eigenvalue weighted by atomic mass is 16.3. The number of aromatic hydroxyl groups is 2. The Morgan fingerprint density at radius 3 is 2.24 bits per heavy atom. The number of para-hydroxylation sites is 1. The molecular formula is C14H13NO2. The molecule has 2 aromatic carbocycles. The summed E-state index contributed by atoms with van der Waals surface area (Å²) >= 11 is 0. The predicted octanol–water partition coefficient (Wildman–Crippen LogP) is 3.24. The highest BCUT2D eigenvalue weighted by Crippen LogP contribution is 2.21. The van der Waals surface area contributed by atoms with Crippen LogP contribution in [0.25, 0.3) is 0 Å². The molecule has 2 rings (SSSR count). The third kappa shape index (κ3) is 2.64. The number of aliphatic imine (C=N–C) groups is 1.